The largest absolute Gasteiger partial charge is 0.518 e. The summed E-state index contributed by atoms with van der Waals surface area (Å²) in [6.45, 7) is 7.48. The number of hydrogen-bond donors (Lipinski definition) is 0. The van der Waals surface area contributed by atoms with Gasteiger partial charge in [0.1, 0.15) is 5.59 Å². The third-order valence-corrected chi connectivity index (χ3v) is 3.59. The van der Waals surface area contributed by atoms with Gasteiger partial charge in [-0.2, -0.15) is 0 Å². The first-order valence-corrected chi connectivity index (χ1v) is 6.19. The first kappa shape index (κ1) is 8.54. The Bertz CT molecular complexity index is 841. The van der Waals surface area contributed by atoms with Crippen LogP contribution in [0.1, 0.15) is 34.5 Å². The van der Waals surface area contributed by atoms with Crippen LogP contribution >= 0.6 is 0 Å². The van der Waals surface area contributed by atoms with Crippen LogP contribution in [-0.2, 0) is 9.31 Å². The van der Waals surface area contributed by atoms with E-state index in [-0.39, 0.29) is 17.6 Å². The average Bonchev–Trinajstić information content (AvgIpc) is 2.98. The maximum atomic E-state index is 8.26. The first-order valence-electron chi connectivity index (χ1n) is 8.69. The van der Waals surface area contributed by atoms with Crippen molar-refractivity contribution in [1.82, 2.24) is 20.0 Å². The molecule has 0 unspecified atom stereocenters. The van der Waals surface area contributed by atoms with Crippen LogP contribution in [0.4, 0.5) is 0 Å². The predicted molar refractivity (Wildman–Crippen MR) is 74.9 cm³/mol. The van der Waals surface area contributed by atoms with E-state index in [4.69, 9.17) is 16.2 Å². The highest BCUT2D eigenvalue weighted by Crippen LogP contribution is 2.36. The van der Waals surface area contributed by atoms with Gasteiger partial charge in [-0.3, -0.25) is 0 Å². The summed E-state index contributed by atoms with van der Waals surface area (Å²) in [5.74, 6) is -0.203. The molecule has 0 spiro atoms. The highest BCUT2D eigenvalue weighted by Gasteiger charge is 2.52. The molecule has 0 N–H and O–H groups in total. The molecule has 0 amide bonds. The van der Waals surface area contributed by atoms with Gasteiger partial charge in [-0.05, 0) is 39.8 Å². The SMILES string of the molecule is [2H]c1nc(-n2nnc(B3OC(C)(C)C(C)(C)O3)c2[2H])c([2H])c([2H])c1[2H]. The van der Waals surface area contributed by atoms with Crippen LogP contribution in [0.5, 0.6) is 0 Å². The quantitative estimate of drug-likeness (QED) is 0.765. The molecule has 1 saturated heterocycles. The molecular weight excluding hydrogens is 255 g/mol. The second kappa shape index (κ2) is 4.39. The van der Waals surface area contributed by atoms with Gasteiger partial charge in [-0.15, -0.1) is 5.10 Å². The van der Waals surface area contributed by atoms with Gasteiger partial charge in [-0.1, -0.05) is 11.3 Å². The third-order valence-electron chi connectivity index (χ3n) is 3.59. The molecule has 0 aromatic carbocycles. The smallest absolute Gasteiger partial charge is 0.398 e. The van der Waals surface area contributed by atoms with E-state index in [9.17, 15) is 0 Å². The lowest BCUT2D eigenvalue weighted by Crippen LogP contribution is -2.41. The fourth-order valence-corrected chi connectivity index (χ4v) is 1.72. The second-order valence-electron chi connectivity index (χ2n) is 5.51. The summed E-state index contributed by atoms with van der Waals surface area (Å²) in [6.07, 6.45) is -0.681. The van der Waals surface area contributed by atoms with Gasteiger partial charge < -0.3 is 9.31 Å². The molecule has 104 valence electrons. The van der Waals surface area contributed by atoms with Gasteiger partial charge in [0.2, 0.25) is 0 Å². The third kappa shape index (κ3) is 2.12. The van der Waals surface area contributed by atoms with E-state index in [1.807, 2.05) is 27.7 Å². The van der Waals surface area contributed by atoms with Crippen molar-refractivity contribution in [2.24, 2.45) is 0 Å². The molecule has 1 fully saturated rings. The van der Waals surface area contributed by atoms with Gasteiger partial charge in [0.25, 0.3) is 0 Å². The molecule has 1 aliphatic rings. The molecule has 0 saturated carbocycles. The maximum absolute atomic E-state index is 8.26. The van der Waals surface area contributed by atoms with Gasteiger partial charge in [0.15, 0.2) is 5.82 Å². The predicted octanol–water partition coefficient (Wildman–Crippen LogP) is 0.961. The molecule has 0 aliphatic carbocycles. The van der Waals surface area contributed by atoms with Gasteiger partial charge in [0, 0.05) is 6.17 Å². The van der Waals surface area contributed by atoms with Crippen molar-refractivity contribution in [1.29, 1.82) is 0 Å². The van der Waals surface area contributed by atoms with Crippen LogP contribution in [0, 0.1) is 0 Å². The fraction of sp³-hybridized carbons (Fsp3) is 0.462. The normalized spacial score (nSPS) is 23.8. The number of aromatic nitrogens is 4. The Morgan fingerprint density at radius 2 is 1.90 bits per heavy atom. The Balaban J connectivity index is 2.05. The molecule has 6 nitrogen and oxygen atoms in total. The lowest BCUT2D eigenvalue weighted by molar-refractivity contribution is 0.00578. The Hall–Kier alpha value is -1.73. The summed E-state index contributed by atoms with van der Waals surface area (Å²) in [6, 6.07) is -1.31. The highest BCUT2D eigenvalue weighted by atomic mass is 16.7. The van der Waals surface area contributed by atoms with Crippen LogP contribution in [0.3, 0.4) is 0 Å². The molecule has 0 atom stereocenters. The second-order valence-corrected chi connectivity index (χ2v) is 5.51. The summed E-state index contributed by atoms with van der Waals surface area (Å²) in [7, 11) is -0.901. The van der Waals surface area contributed by atoms with Crippen molar-refractivity contribution in [3.63, 3.8) is 0 Å². The monoisotopic (exact) mass is 277 g/mol. The summed E-state index contributed by atoms with van der Waals surface area (Å²) in [4.78, 5) is 3.79. The van der Waals surface area contributed by atoms with Crippen LogP contribution in [-0.4, -0.2) is 38.3 Å². The van der Waals surface area contributed by atoms with E-state index in [2.05, 4.69) is 15.3 Å². The summed E-state index contributed by atoms with van der Waals surface area (Å²) < 4.78 is 51.7. The average molecular weight is 277 g/mol. The van der Waals surface area contributed by atoms with E-state index >= 15 is 0 Å². The molecular formula is C13H17BN4O2. The molecule has 3 heterocycles. The van der Waals surface area contributed by atoms with Crippen molar-refractivity contribution in [2.45, 2.75) is 38.9 Å². The van der Waals surface area contributed by atoms with E-state index in [0.29, 0.717) is 0 Å². The molecule has 20 heavy (non-hydrogen) atoms. The standard InChI is InChI=1S/C13H17BN4O2/c1-12(2)13(3,4)20-14(19-12)10-9-18(17-16-10)11-7-5-6-8-15-11/h5-9H,1-4H3/i5D,6D,7D,8D,9D. The van der Waals surface area contributed by atoms with E-state index in [1.54, 1.807) is 0 Å². The van der Waals surface area contributed by atoms with Gasteiger partial charge in [-0.25, -0.2) is 9.67 Å². The lowest BCUT2D eigenvalue weighted by Gasteiger charge is -2.32. The van der Waals surface area contributed by atoms with Crippen molar-refractivity contribution >= 4 is 12.7 Å². The zero-order valence-corrected chi connectivity index (χ0v) is 11.7. The summed E-state index contributed by atoms with van der Waals surface area (Å²) >= 11 is 0. The van der Waals surface area contributed by atoms with E-state index < -0.39 is 42.6 Å². The molecule has 3 rings (SSSR count). The van der Waals surface area contributed by atoms with Crippen molar-refractivity contribution < 1.29 is 16.2 Å². The number of rotatable bonds is 2. The maximum Gasteiger partial charge on any atom is 0.518 e. The molecule has 2 aromatic heterocycles. The zero-order valence-electron chi connectivity index (χ0n) is 16.7. The van der Waals surface area contributed by atoms with Crippen LogP contribution in [0.25, 0.3) is 5.82 Å². The Morgan fingerprint density at radius 3 is 2.60 bits per heavy atom. The molecule has 2 aromatic rings. The number of hydrogen-bond acceptors (Lipinski definition) is 5. The molecule has 1 aliphatic heterocycles. The minimum absolute atomic E-state index is 0.118. The highest BCUT2D eigenvalue weighted by molar-refractivity contribution is 6.61. The molecule has 0 radical (unpaired) electrons. The topological polar surface area (TPSA) is 62.1 Å². The Kier molecular flexibility index (Phi) is 1.88. The van der Waals surface area contributed by atoms with Crippen molar-refractivity contribution in [3.05, 3.63) is 30.5 Å². The minimum Gasteiger partial charge on any atom is -0.398 e. The Labute approximate surface area is 125 Å². The van der Waals surface area contributed by atoms with Gasteiger partial charge in [0.05, 0.1) is 24.2 Å². The number of pyridine rings is 1. The van der Waals surface area contributed by atoms with Crippen molar-refractivity contribution in [2.75, 3.05) is 0 Å². The zero-order chi connectivity index (χ0) is 18.7. The molecule has 7 heteroatoms. The van der Waals surface area contributed by atoms with E-state index in [1.165, 1.54) is 0 Å². The minimum atomic E-state index is -0.901. The fourth-order valence-electron chi connectivity index (χ4n) is 1.72. The van der Waals surface area contributed by atoms with Crippen molar-refractivity contribution in [3.8, 4) is 5.82 Å². The Morgan fingerprint density at radius 1 is 1.20 bits per heavy atom. The number of nitrogens with zero attached hydrogens (tertiary/aromatic N) is 4. The van der Waals surface area contributed by atoms with Crippen LogP contribution in [0.15, 0.2) is 30.5 Å². The van der Waals surface area contributed by atoms with Crippen LogP contribution in [0.2, 0.25) is 0 Å². The van der Waals surface area contributed by atoms with Crippen LogP contribution < -0.4 is 5.59 Å². The summed E-state index contributed by atoms with van der Waals surface area (Å²) in [5, 5.41) is 7.72. The first-order chi connectivity index (χ1) is 11.5. The molecule has 0 bridgehead atoms. The van der Waals surface area contributed by atoms with Gasteiger partial charge >= 0.3 is 7.12 Å². The van der Waals surface area contributed by atoms with E-state index in [0.717, 1.165) is 4.68 Å². The lowest BCUT2D eigenvalue weighted by atomic mass is 9.86. The summed E-state index contributed by atoms with van der Waals surface area (Å²) in [5.41, 5.74) is -1.10.